The van der Waals surface area contributed by atoms with Gasteiger partial charge in [-0.15, -0.1) is 0 Å². The van der Waals surface area contributed by atoms with Gasteiger partial charge in [-0.2, -0.15) is 0 Å². The minimum atomic E-state index is -0.456. The molecule has 2 aromatic rings. The number of carbonyl (C=O) groups excluding carboxylic acids is 2. The van der Waals surface area contributed by atoms with E-state index in [-0.39, 0.29) is 12.5 Å². The van der Waals surface area contributed by atoms with Crippen molar-refractivity contribution in [2.75, 3.05) is 30.9 Å². The number of hydrogen-bond acceptors (Lipinski definition) is 5. The van der Waals surface area contributed by atoms with Crippen molar-refractivity contribution < 1.29 is 19.1 Å². The van der Waals surface area contributed by atoms with Crippen LogP contribution in [0.15, 0.2) is 42.5 Å². The molecule has 2 aromatic carbocycles. The maximum absolute atomic E-state index is 12.7. The molecule has 0 aliphatic rings. The molecular weight excluding hydrogens is 320 g/mol. The van der Waals surface area contributed by atoms with Crippen LogP contribution in [-0.4, -0.2) is 32.1 Å². The quantitative estimate of drug-likeness (QED) is 0.645. The molecule has 2 rings (SSSR count). The summed E-state index contributed by atoms with van der Waals surface area (Å²) in [5.74, 6) is -0.216. The highest BCUT2D eigenvalue weighted by Crippen LogP contribution is 2.30. The Morgan fingerprint density at radius 3 is 2.44 bits per heavy atom. The van der Waals surface area contributed by atoms with Crippen LogP contribution in [0.25, 0.3) is 0 Å². The molecule has 0 saturated carbocycles. The zero-order chi connectivity index (χ0) is 18.4. The number of aryl methyl sites for hydroxylation is 1. The first-order chi connectivity index (χ1) is 11.9. The van der Waals surface area contributed by atoms with Gasteiger partial charge in [0.25, 0.3) is 5.91 Å². The van der Waals surface area contributed by atoms with E-state index in [2.05, 4.69) is 0 Å². The Labute approximate surface area is 147 Å². The largest absolute Gasteiger partial charge is 0.480 e. The average Bonchev–Trinajstić information content (AvgIpc) is 2.60. The van der Waals surface area contributed by atoms with Crippen molar-refractivity contribution in [3.05, 3.63) is 53.6 Å². The maximum atomic E-state index is 12.7. The van der Waals surface area contributed by atoms with Crippen molar-refractivity contribution in [2.45, 2.75) is 13.8 Å². The van der Waals surface area contributed by atoms with Crippen molar-refractivity contribution >= 4 is 23.3 Å². The van der Waals surface area contributed by atoms with Crippen LogP contribution in [0.2, 0.25) is 0 Å². The van der Waals surface area contributed by atoms with E-state index in [1.165, 1.54) is 4.90 Å². The number of ether oxygens (including phenoxy) is 2. The molecule has 0 spiro atoms. The predicted octanol–water partition coefficient (Wildman–Crippen LogP) is 2.80. The lowest BCUT2D eigenvalue weighted by molar-refractivity contribution is -0.145. The molecule has 0 heterocycles. The summed E-state index contributed by atoms with van der Waals surface area (Å²) in [6, 6.07) is 12.1. The van der Waals surface area contributed by atoms with Gasteiger partial charge >= 0.3 is 5.97 Å². The molecule has 0 fully saturated rings. The highest BCUT2D eigenvalue weighted by atomic mass is 16.6. The van der Waals surface area contributed by atoms with Gasteiger partial charge in [-0.25, -0.2) is 4.79 Å². The number of esters is 1. The van der Waals surface area contributed by atoms with Crippen LogP contribution in [0.1, 0.15) is 22.8 Å². The van der Waals surface area contributed by atoms with E-state index < -0.39 is 5.97 Å². The van der Waals surface area contributed by atoms with E-state index >= 15 is 0 Å². The van der Waals surface area contributed by atoms with Crippen LogP contribution in [0, 0.1) is 6.92 Å². The van der Waals surface area contributed by atoms with Crippen molar-refractivity contribution in [3.8, 4) is 5.75 Å². The number of anilines is 2. The lowest BCUT2D eigenvalue weighted by Gasteiger charge is -2.21. The Morgan fingerprint density at radius 2 is 1.80 bits per heavy atom. The van der Waals surface area contributed by atoms with E-state index in [1.54, 1.807) is 50.4 Å². The molecule has 0 radical (unpaired) electrons. The molecule has 6 heteroatoms. The Morgan fingerprint density at radius 1 is 1.12 bits per heavy atom. The third-order valence-electron chi connectivity index (χ3n) is 3.59. The maximum Gasteiger partial charge on any atom is 0.344 e. The van der Waals surface area contributed by atoms with Crippen molar-refractivity contribution in [3.63, 3.8) is 0 Å². The molecule has 0 atom stereocenters. The lowest BCUT2D eigenvalue weighted by atomic mass is 10.1. The number of nitrogen functional groups attached to an aromatic ring is 1. The molecular formula is C19H22N2O4. The van der Waals surface area contributed by atoms with Gasteiger partial charge in [0.05, 0.1) is 12.3 Å². The molecule has 0 saturated heterocycles. The average molecular weight is 342 g/mol. The summed E-state index contributed by atoms with van der Waals surface area (Å²) < 4.78 is 10.4. The van der Waals surface area contributed by atoms with Gasteiger partial charge in [0.1, 0.15) is 5.75 Å². The second-order valence-corrected chi connectivity index (χ2v) is 5.55. The zero-order valence-electron chi connectivity index (χ0n) is 14.6. The molecule has 1 amide bonds. The summed E-state index contributed by atoms with van der Waals surface area (Å²) in [4.78, 5) is 25.7. The van der Waals surface area contributed by atoms with Gasteiger partial charge in [0.2, 0.25) is 0 Å². The minimum Gasteiger partial charge on any atom is -0.480 e. The molecule has 0 aliphatic heterocycles. The molecule has 25 heavy (non-hydrogen) atoms. The summed E-state index contributed by atoms with van der Waals surface area (Å²) in [7, 11) is 1.65. The third-order valence-corrected chi connectivity index (χ3v) is 3.59. The van der Waals surface area contributed by atoms with E-state index in [0.717, 1.165) is 5.56 Å². The molecule has 6 nitrogen and oxygen atoms in total. The SMILES string of the molecule is CCOC(=O)COc1cc(C)ccc1N(C)C(=O)c1ccc(N)cc1. The first-order valence-electron chi connectivity index (χ1n) is 7.95. The highest BCUT2D eigenvalue weighted by Gasteiger charge is 2.18. The number of benzene rings is 2. The number of amides is 1. The first-order valence-corrected chi connectivity index (χ1v) is 7.95. The fraction of sp³-hybridized carbons (Fsp3) is 0.263. The molecule has 0 aromatic heterocycles. The number of rotatable bonds is 6. The Hall–Kier alpha value is -3.02. The number of nitrogens with two attached hydrogens (primary N) is 1. The van der Waals surface area contributed by atoms with Crippen molar-refractivity contribution in [1.82, 2.24) is 0 Å². The second kappa shape index (κ2) is 8.19. The highest BCUT2D eigenvalue weighted by molar-refractivity contribution is 6.06. The van der Waals surface area contributed by atoms with E-state index in [4.69, 9.17) is 15.2 Å². The smallest absolute Gasteiger partial charge is 0.344 e. The Bertz CT molecular complexity index is 757. The van der Waals surface area contributed by atoms with Crippen LogP contribution in [0.4, 0.5) is 11.4 Å². The van der Waals surface area contributed by atoms with Crippen molar-refractivity contribution in [1.29, 1.82) is 0 Å². The van der Waals surface area contributed by atoms with E-state index in [0.29, 0.717) is 29.3 Å². The fourth-order valence-corrected chi connectivity index (χ4v) is 2.28. The van der Waals surface area contributed by atoms with Gasteiger partial charge in [-0.05, 0) is 55.8 Å². The first kappa shape index (κ1) is 18.3. The van der Waals surface area contributed by atoms with Gasteiger partial charge in [-0.3, -0.25) is 4.79 Å². The minimum absolute atomic E-state index is 0.204. The summed E-state index contributed by atoms with van der Waals surface area (Å²) >= 11 is 0. The van der Waals surface area contributed by atoms with Gasteiger partial charge in [0, 0.05) is 18.3 Å². The van der Waals surface area contributed by atoms with Crippen LogP contribution < -0.4 is 15.4 Å². The van der Waals surface area contributed by atoms with Crippen LogP contribution >= 0.6 is 0 Å². The monoisotopic (exact) mass is 342 g/mol. The van der Waals surface area contributed by atoms with Crippen LogP contribution in [-0.2, 0) is 9.53 Å². The molecule has 0 unspecified atom stereocenters. The van der Waals surface area contributed by atoms with Crippen LogP contribution in [0.3, 0.4) is 0 Å². The molecule has 132 valence electrons. The topological polar surface area (TPSA) is 81.9 Å². The van der Waals surface area contributed by atoms with Crippen LogP contribution in [0.5, 0.6) is 5.75 Å². The number of hydrogen-bond donors (Lipinski definition) is 1. The molecule has 2 N–H and O–H groups in total. The number of carbonyl (C=O) groups is 2. The number of nitrogens with zero attached hydrogens (tertiary/aromatic N) is 1. The summed E-state index contributed by atoms with van der Waals surface area (Å²) in [5, 5.41) is 0. The van der Waals surface area contributed by atoms with Gasteiger partial charge in [-0.1, -0.05) is 6.07 Å². The molecule has 0 bridgehead atoms. The Balaban J connectivity index is 2.23. The standard InChI is InChI=1S/C19H22N2O4/c1-4-24-18(22)12-25-17-11-13(2)5-10-16(17)21(3)19(23)14-6-8-15(20)9-7-14/h5-11H,4,12,20H2,1-3H3. The lowest BCUT2D eigenvalue weighted by Crippen LogP contribution is -2.27. The zero-order valence-corrected chi connectivity index (χ0v) is 14.6. The van der Waals surface area contributed by atoms with Crippen molar-refractivity contribution in [2.24, 2.45) is 0 Å². The van der Waals surface area contributed by atoms with Gasteiger partial charge < -0.3 is 20.1 Å². The Kier molecular flexibility index (Phi) is 6.00. The fourth-order valence-electron chi connectivity index (χ4n) is 2.28. The predicted molar refractivity (Wildman–Crippen MR) is 96.9 cm³/mol. The van der Waals surface area contributed by atoms with E-state index in [9.17, 15) is 9.59 Å². The third kappa shape index (κ3) is 4.73. The van der Waals surface area contributed by atoms with Gasteiger partial charge in [0.15, 0.2) is 6.61 Å². The molecule has 0 aliphatic carbocycles. The second-order valence-electron chi connectivity index (χ2n) is 5.55. The summed E-state index contributed by atoms with van der Waals surface area (Å²) in [5.41, 5.74) is 8.28. The summed E-state index contributed by atoms with van der Waals surface area (Å²) in [6.07, 6.45) is 0. The van der Waals surface area contributed by atoms with E-state index in [1.807, 2.05) is 13.0 Å². The summed E-state index contributed by atoms with van der Waals surface area (Å²) in [6.45, 7) is 3.71. The normalized spacial score (nSPS) is 10.2.